The van der Waals surface area contributed by atoms with E-state index in [9.17, 15) is 4.79 Å². The van der Waals surface area contributed by atoms with Gasteiger partial charge in [-0.05, 0) is 64.5 Å². The van der Waals surface area contributed by atoms with Gasteiger partial charge in [-0.1, -0.05) is 17.7 Å². The highest BCUT2D eigenvalue weighted by molar-refractivity contribution is 5.92. The van der Waals surface area contributed by atoms with E-state index >= 15 is 0 Å². The summed E-state index contributed by atoms with van der Waals surface area (Å²) in [5.41, 5.74) is 2.08. The molecule has 1 aromatic carbocycles. The number of nitrogens with zero attached hydrogens (tertiary/aromatic N) is 1. The summed E-state index contributed by atoms with van der Waals surface area (Å²) in [6, 6.07) is 7.93. The van der Waals surface area contributed by atoms with Gasteiger partial charge in [0.25, 0.3) is 0 Å². The van der Waals surface area contributed by atoms with E-state index in [1.54, 1.807) is 0 Å². The van der Waals surface area contributed by atoms with Crippen molar-refractivity contribution in [3.63, 3.8) is 0 Å². The van der Waals surface area contributed by atoms with Crippen LogP contribution in [-0.2, 0) is 4.79 Å². The van der Waals surface area contributed by atoms with Crippen LogP contribution in [0.5, 0.6) is 0 Å². The summed E-state index contributed by atoms with van der Waals surface area (Å²) in [6.07, 6.45) is 2.36. The zero-order chi connectivity index (χ0) is 14.4. The molecule has 21 heavy (non-hydrogen) atoms. The lowest BCUT2D eigenvalue weighted by atomic mass is 9.97. The minimum Gasteiger partial charge on any atom is -0.325 e. The van der Waals surface area contributed by atoms with Gasteiger partial charge in [0.1, 0.15) is 0 Å². The molecule has 1 aliphatic heterocycles. The molecule has 1 heterocycles. The summed E-state index contributed by atoms with van der Waals surface area (Å²) in [4.78, 5) is 14.3. The highest BCUT2D eigenvalue weighted by atomic mass is 35.5. The van der Waals surface area contributed by atoms with E-state index in [-0.39, 0.29) is 18.3 Å². The van der Waals surface area contributed by atoms with Crippen molar-refractivity contribution in [1.82, 2.24) is 10.2 Å². The topological polar surface area (TPSA) is 44.4 Å². The number of benzene rings is 1. The summed E-state index contributed by atoms with van der Waals surface area (Å²) in [7, 11) is 2.00. The third-order valence-corrected chi connectivity index (χ3v) is 3.90. The third kappa shape index (κ3) is 6.04. The predicted molar refractivity (Wildman–Crippen MR) is 90.1 cm³/mol. The van der Waals surface area contributed by atoms with Crippen LogP contribution >= 0.6 is 12.4 Å². The summed E-state index contributed by atoms with van der Waals surface area (Å²) < 4.78 is 0. The van der Waals surface area contributed by atoms with Crippen molar-refractivity contribution in [3.8, 4) is 0 Å². The van der Waals surface area contributed by atoms with Gasteiger partial charge in [0.2, 0.25) is 5.91 Å². The second-order valence-electron chi connectivity index (χ2n) is 5.69. The van der Waals surface area contributed by atoms with E-state index in [1.807, 2.05) is 38.2 Å². The number of hydrogen-bond acceptors (Lipinski definition) is 3. The molecule has 1 amide bonds. The minimum atomic E-state index is 0. The second-order valence-corrected chi connectivity index (χ2v) is 5.69. The van der Waals surface area contributed by atoms with Crippen LogP contribution < -0.4 is 10.6 Å². The smallest absolute Gasteiger partial charge is 0.238 e. The van der Waals surface area contributed by atoms with Crippen LogP contribution in [0.25, 0.3) is 0 Å². The Morgan fingerprint density at radius 3 is 2.43 bits per heavy atom. The number of amides is 1. The van der Waals surface area contributed by atoms with E-state index in [2.05, 4.69) is 15.5 Å². The molecule has 0 atom stereocenters. The van der Waals surface area contributed by atoms with Crippen LogP contribution in [0.15, 0.2) is 24.3 Å². The lowest BCUT2D eigenvalue weighted by Gasteiger charge is -2.31. The Bertz CT molecular complexity index is 428. The Morgan fingerprint density at radius 1 is 1.24 bits per heavy atom. The van der Waals surface area contributed by atoms with Gasteiger partial charge in [-0.2, -0.15) is 0 Å². The maximum Gasteiger partial charge on any atom is 0.238 e. The van der Waals surface area contributed by atoms with E-state index in [0.29, 0.717) is 6.54 Å². The Hall–Kier alpha value is -1.10. The van der Waals surface area contributed by atoms with Crippen LogP contribution in [0.2, 0.25) is 0 Å². The summed E-state index contributed by atoms with van der Waals surface area (Å²) >= 11 is 0. The zero-order valence-electron chi connectivity index (χ0n) is 12.9. The Morgan fingerprint density at radius 2 is 1.86 bits per heavy atom. The van der Waals surface area contributed by atoms with Gasteiger partial charge in [0.05, 0.1) is 6.54 Å². The van der Waals surface area contributed by atoms with Crippen LogP contribution in [-0.4, -0.2) is 44.0 Å². The maximum atomic E-state index is 12.0. The number of likely N-dealkylation sites (tertiary alicyclic amines) is 1. The molecule has 1 aromatic rings. The molecule has 1 fully saturated rings. The molecule has 118 valence electrons. The van der Waals surface area contributed by atoms with E-state index in [1.165, 1.54) is 18.4 Å². The predicted octanol–water partition coefficient (Wildman–Crippen LogP) is 2.29. The highest BCUT2D eigenvalue weighted by Gasteiger charge is 2.20. The number of piperidine rings is 1. The molecule has 0 aliphatic carbocycles. The van der Waals surface area contributed by atoms with E-state index in [0.717, 1.165) is 31.2 Å². The van der Waals surface area contributed by atoms with Crippen molar-refractivity contribution >= 4 is 24.0 Å². The van der Waals surface area contributed by atoms with Gasteiger partial charge in [-0.15, -0.1) is 12.4 Å². The first kappa shape index (κ1) is 18.0. The molecule has 0 aromatic heterocycles. The molecule has 0 saturated carbocycles. The molecule has 2 N–H and O–H groups in total. The fourth-order valence-electron chi connectivity index (χ4n) is 2.68. The van der Waals surface area contributed by atoms with Crippen molar-refractivity contribution in [2.75, 3.05) is 38.5 Å². The summed E-state index contributed by atoms with van der Waals surface area (Å²) in [5.74, 6) is 0.845. The fraction of sp³-hybridized carbons (Fsp3) is 0.562. The van der Waals surface area contributed by atoms with Crippen molar-refractivity contribution in [1.29, 1.82) is 0 Å². The van der Waals surface area contributed by atoms with Gasteiger partial charge >= 0.3 is 0 Å². The van der Waals surface area contributed by atoms with Crippen molar-refractivity contribution in [2.24, 2.45) is 5.92 Å². The van der Waals surface area contributed by atoms with Gasteiger partial charge in [0.15, 0.2) is 0 Å². The SMILES string of the molecule is CNCC1CCN(CC(=O)Nc2ccc(C)cc2)CC1.Cl. The molecule has 4 nitrogen and oxygen atoms in total. The molecule has 0 bridgehead atoms. The molecule has 2 rings (SSSR count). The normalized spacial score (nSPS) is 16.3. The fourth-order valence-corrected chi connectivity index (χ4v) is 2.68. The molecule has 0 unspecified atom stereocenters. The number of halogens is 1. The van der Waals surface area contributed by atoms with E-state index in [4.69, 9.17) is 0 Å². The lowest BCUT2D eigenvalue weighted by Crippen LogP contribution is -2.40. The number of carbonyl (C=O) groups excluding carboxylic acids is 1. The third-order valence-electron chi connectivity index (χ3n) is 3.90. The average Bonchev–Trinajstić information content (AvgIpc) is 2.44. The zero-order valence-corrected chi connectivity index (χ0v) is 13.7. The first-order valence-corrected chi connectivity index (χ1v) is 7.41. The van der Waals surface area contributed by atoms with Crippen LogP contribution in [0.1, 0.15) is 18.4 Å². The number of anilines is 1. The van der Waals surface area contributed by atoms with Gasteiger partial charge in [-0.25, -0.2) is 0 Å². The first-order chi connectivity index (χ1) is 9.67. The monoisotopic (exact) mass is 311 g/mol. The molecular weight excluding hydrogens is 286 g/mol. The van der Waals surface area contributed by atoms with Crippen molar-refractivity contribution in [3.05, 3.63) is 29.8 Å². The number of aryl methyl sites for hydroxylation is 1. The van der Waals surface area contributed by atoms with Crippen molar-refractivity contribution < 1.29 is 4.79 Å². The maximum absolute atomic E-state index is 12.0. The largest absolute Gasteiger partial charge is 0.325 e. The van der Waals surface area contributed by atoms with Gasteiger partial charge in [0, 0.05) is 5.69 Å². The van der Waals surface area contributed by atoms with Gasteiger partial charge < -0.3 is 10.6 Å². The van der Waals surface area contributed by atoms with Crippen LogP contribution in [0, 0.1) is 12.8 Å². The quantitative estimate of drug-likeness (QED) is 0.877. The number of hydrogen-bond donors (Lipinski definition) is 2. The van der Waals surface area contributed by atoms with Crippen LogP contribution in [0.3, 0.4) is 0 Å². The van der Waals surface area contributed by atoms with Gasteiger partial charge in [-0.3, -0.25) is 9.69 Å². The Balaban J connectivity index is 0.00000220. The molecule has 0 spiro atoms. The molecule has 1 saturated heterocycles. The highest BCUT2D eigenvalue weighted by Crippen LogP contribution is 2.16. The Labute approximate surface area is 133 Å². The minimum absolute atomic E-state index is 0. The average molecular weight is 312 g/mol. The summed E-state index contributed by atoms with van der Waals surface area (Å²) in [5, 5.41) is 6.19. The van der Waals surface area contributed by atoms with E-state index < -0.39 is 0 Å². The second kappa shape index (κ2) is 9.03. The molecular formula is C16H26ClN3O. The van der Waals surface area contributed by atoms with Crippen LogP contribution in [0.4, 0.5) is 5.69 Å². The number of nitrogens with one attached hydrogen (secondary N) is 2. The molecule has 0 radical (unpaired) electrons. The molecule has 5 heteroatoms. The van der Waals surface area contributed by atoms with Crippen molar-refractivity contribution in [2.45, 2.75) is 19.8 Å². The Kier molecular flexibility index (Phi) is 7.72. The molecule has 1 aliphatic rings. The first-order valence-electron chi connectivity index (χ1n) is 7.41. The summed E-state index contributed by atoms with van der Waals surface area (Å²) in [6.45, 7) is 5.67. The standard InChI is InChI=1S/C16H25N3O.ClH/c1-13-3-5-15(6-4-13)18-16(20)12-19-9-7-14(8-10-19)11-17-2;/h3-6,14,17H,7-12H2,1-2H3,(H,18,20);1H. The number of rotatable bonds is 5. The lowest BCUT2D eigenvalue weighted by molar-refractivity contribution is -0.117. The number of carbonyl (C=O) groups is 1.